The number of likely N-dealkylation sites (N-methyl/N-ethyl adjacent to an activating group) is 1. The Morgan fingerprint density at radius 3 is 2.25 bits per heavy atom. The molecule has 1 aromatic rings. The maximum Gasteiger partial charge on any atom is 0.311 e. The molecule has 1 aromatic heterocycles. The molecule has 0 saturated carbocycles. The van der Waals surface area contributed by atoms with Crippen LogP contribution in [0, 0.1) is 17.8 Å². The molecule has 0 unspecified atom stereocenters. The van der Waals surface area contributed by atoms with Crippen molar-refractivity contribution in [3.63, 3.8) is 0 Å². The second kappa shape index (κ2) is 22.5. The summed E-state index contributed by atoms with van der Waals surface area (Å²) in [5, 5.41) is 58.3. The summed E-state index contributed by atoms with van der Waals surface area (Å²) < 4.78 is 51.1. The van der Waals surface area contributed by atoms with Gasteiger partial charge in [-0.15, -0.1) is 0 Å². The molecule has 4 rings (SSSR count). The van der Waals surface area contributed by atoms with Gasteiger partial charge in [0.1, 0.15) is 34.8 Å². The van der Waals surface area contributed by atoms with Gasteiger partial charge < -0.3 is 74.3 Å². The van der Waals surface area contributed by atoms with Crippen LogP contribution in [0.3, 0.4) is 0 Å². The molecule has 17 heteroatoms. The molecule has 0 aliphatic carbocycles. The lowest BCUT2D eigenvalue weighted by Crippen LogP contribution is -2.70. The molecule has 0 radical (unpaired) electrons. The fourth-order valence-electron chi connectivity index (χ4n) is 9.84. The number of aliphatic hydroxyl groups is 4. The number of carbonyl (C=O) groups is 1. The number of nitrogens with one attached hydrogen (secondary N) is 3. The molecule has 63 heavy (non-hydrogen) atoms. The van der Waals surface area contributed by atoms with Crippen molar-refractivity contribution in [2.45, 2.75) is 198 Å². The van der Waals surface area contributed by atoms with Gasteiger partial charge in [-0.25, -0.2) is 4.98 Å². The van der Waals surface area contributed by atoms with Crippen LogP contribution in [0.1, 0.15) is 108 Å². The zero-order valence-corrected chi connectivity index (χ0v) is 40.4. The molecule has 17 nitrogen and oxygen atoms in total. The first kappa shape index (κ1) is 53.4. The number of methoxy groups -OCH3 is 2. The van der Waals surface area contributed by atoms with E-state index in [-0.39, 0.29) is 43.9 Å². The molecular formula is C46H82N4O13. The summed E-state index contributed by atoms with van der Waals surface area (Å²) >= 11 is 0. The van der Waals surface area contributed by atoms with E-state index in [1.807, 2.05) is 41.7 Å². The van der Waals surface area contributed by atoms with Gasteiger partial charge in [-0.1, -0.05) is 27.7 Å². The molecule has 3 saturated heterocycles. The third-order valence-electron chi connectivity index (χ3n) is 13.9. The number of aromatic nitrogens is 1. The fourth-order valence-corrected chi connectivity index (χ4v) is 9.84. The second-order valence-corrected chi connectivity index (χ2v) is 19.2. The second-order valence-electron chi connectivity index (χ2n) is 19.2. The Morgan fingerprint density at radius 2 is 1.67 bits per heavy atom. The first-order chi connectivity index (χ1) is 29.5. The van der Waals surface area contributed by atoms with E-state index < -0.39 is 95.5 Å². The van der Waals surface area contributed by atoms with Crippen molar-refractivity contribution in [2.75, 3.05) is 40.9 Å². The highest BCUT2D eigenvalue weighted by Crippen LogP contribution is 2.43. The molecule has 3 aliphatic rings. The van der Waals surface area contributed by atoms with Crippen LogP contribution in [0.2, 0.25) is 0 Å². The summed E-state index contributed by atoms with van der Waals surface area (Å²) in [5.41, 5.74) is -6.02. The van der Waals surface area contributed by atoms with Gasteiger partial charge in [0.15, 0.2) is 18.7 Å². The molecule has 18 atom stereocenters. The maximum absolute atomic E-state index is 14.5. The highest BCUT2D eigenvalue weighted by molar-refractivity contribution is 5.73. The molecule has 0 aromatic carbocycles. The molecule has 0 amide bonds. The Balaban J connectivity index is 1.84. The Bertz CT molecular complexity index is 1560. The quantitative estimate of drug-likeness (QED) is 0.105. The molecule has 0 spiro atoms. The van der Waals surface area contributed by atoms with Gasteiger partial charge in [-0.2, -0.15) is 0 Å². The number of aliphatic hydroxyl groups excluding tert-OH is 1. The number of nitrogens with zero attached hydrogens (tertiary/aromatic N) is 1. The van der Waals surface area contributed by atoms with Gasteiger partial charge >= 0.3 is 5.97 Å². The van der Waals surface area contributed by atoms with E-state index in [0.29, 0.717) is 31.1 Å². The Hall–Kier alpha value is -2.26. The van der Waals surface area contributed by atoms with Gasteiger partial charge in [-0.05, 0) is 106 Å². The zero-order chi connectivity index (χ0) is 47.1. The van der Waals surface area contributed by atoms with Crippen LogP contribution in [0.15, 0.2) is 18.3 Å². The molecule has 0 bridgehead atoms. The summed E-state index contributed by atoms with van der Waals surface area (Å²) in [5.74, 6) is -1.82. The average molecular weight is 899 g/mol. The van der Waals surface area contributed by atoms with Crippen LogP contribution in [0.25, 0.3) is 0 Å². The van der Waals surface area contributed by atoms with Crippen LogP contribution < -0.4 is 25.4 Å². The summed E-state index contributed by atoms with van der Waals surface area (Å²) in [6, 6.07) is 2.60. The third kappa shape index (κ3) is 12.4. The predicted molar refractivity (Wildman–Crippen MR) is 236 cm³/mol. The molecule has 7 N–H and O–H groups in total. The minimum atomic E-state index is -1.83. The fraction of sp³-hybridized carbons (Fsp3) is 0.870. The summed E-state index contributed by atoms with van der Waals surface area (Å²) in [6.07, 6.45) is -4.81. The first-order valence-corrected chi connectivity index (χ1v) is 23.0. The Morgan fingerprint density at radius 1 is 0.968 bits per heavy atom. The molecule has 364 valence electrons. The van der Waals surface area contributed by atoms with E-state index in [1.54, 1.807) is 60.1 Å². The van der Waals surface area contributed by atoms with Gasteiger partial charge in [0, 0.05) is 38.1 Å². The molecular weight excluding hydrogens is 817 g/mol. The lowest BCUT2D eigenvalue weighted by molar-refractivity contribution is -0.335. The monoisotopic (exact) mass is 899 g/mol. The highest BCUT2D eigenvalue weighted by Gasteiger charge is 2.58. The minimum absolute atomic E-state index is 0.0863. The number of hydrogen-bond acceptors (Lipinski definition) is 17. The van der Waals surface area contributed by atoms with Gasteiger partial charge in [-0.3, -0.25) is 4.79 Å². The number of cyclic esters (lactones) is 1. The van der Waals surface area contributed by atoms with E-state index in [2.05, 4.69) is 20.9 Å². The van der Waals surface area contributed by atoms with Gasteiger partial charge in [0.25, 0.3) is 0 Å². The van der Waals surface area contributed by atoms with Crippen LogP contribution in [0.5, 0.6) is 11.6 Å². The number of hydrogen-bond donors (Lipinski definition) is 7. The SMILES string of the molecule is CCCNC[C@]1(O)[C@H](C)O[C@@H](O[C@H]2[C@H](C)[C@@H](O[C@@H]3O[C@H](C)C[C@H](NC)[C@H]3Oc3ccc(OC)nc3)[C@](C)(O)C[C@@H](C)CN[C@H](C)[C@@H](O)[C@](C)(O)[C@@H](CC)OC(=O)[C@@H]2C)C[C@@]1(C)OC. The van der Waals surface area contributed by atoms with Crippen LogP contribution in [0.4, 0.5) is 0 Å². The predicted octanol–water partition coefficient (Wildman–Crippen LogP) is 3.08. The van der Waals surface area contributed by atoms with Crippen molar-refractivity contribution in [3.05, 3.63) is 18.3 Å². The van der Waals surface area contributed by atoms with E-state index >= 15 is 0 Å². The maximum atomic E-state index is 14.5. The lowest BCUT2D eigenvalue weighted by atomic mass is 9.75. The van der Waals surface area contributed by atoms with Gasteiger partial charge in [0.2, 0.25) is 5.88 Å². The van der Waals surface area contributed by atoms with Crippen molar-refractivity contribution in [1.82, 2.24) is 20.9 Å². The third-order valence-corrected chi connectivity index (χ3v) is 13.9. The van der Waals surface area contributed by atoms with Crippen molar-refractivity contribution < 1.29 is 63.1 Å². The van der Waals surface area contributed by atoms with Crippen molar-refractivity contribution >= 4 is 5.97 Å². The number of esters is 1. The minimum Gasteiger partial charge on any atom is -0.482 e. The summed E-state index contributed by atoms with van der Waals surface area (Å²) in [6.45, 7) is 21.1. The smallest absolute Gasteiger partial charge is 0.311 e. The van der Waals surface area contributed by atoms with E-state index in [0.717, 1.165) is 6.42 Å². The van der Waals surface area contributed by atoms with Crippen molar-refractivity contribution in [1.29, 1.82) is 0 Å². The zero-order valence-electron chi connectivity index (χ0n) is 40.4. The van der Waals surface area contributed by atoms with Crippen LogP contribution in [-0.4, -0.2) is 162 Å². The van der Waals surface area contributed by atoms with E-state index in [4.69, 9.17) is 37.9 Å². The highest BCUT2D eigenvalue weighted by atomic mass is 16.7. The van der Waals surface area contributed by atoms with Crippen molar-refractivity contribution in [2.24, 2.45) is 17.8 Å². The largest absolute Gasteiger partial charge is 0.482 e. The van der Waals surface area contributed by atoms with E-state index in [9.17, 15) is 25.2 Å². The number of pyridine rings is 1. The first-order valence-electron chi connectivity index (χ1n) is 23.0. The number of ether oxygens (including phenoxy) is 8. The Labute approximate surface area is 375 Å². The van der Waals surface area contributed by atoms with Crippen LogP contribution in [-0.2, 0) is 33.2 Å². The van der Waals surface area contributed by atoms with Crippen molar-refractivity contribution in [3.8, 4) is 11.6 Å². The number of carbonyl (C=O) groups excluding carboxylic acids is 1. The summed E-state index contributed by atoms with van der Waals surface area (Å²) in [4.78, 5) is 18.9. The molecule has 4 heterocycles. The average Bonchev–Trinajstić information content (AvgIpc) is 3.24. The standard InChI is InChI=1S/C46H82N4O13/c1-15-19-48-25-46(55)31(8)59-36(22-44(46,10)57-14)62-37-28(5)40(63-42-38(33(47-12)20-27(4)58-42)60-32-17-18-35(56-13)50-24-32)43(9,53)21-26(3)23-49-30(7)39(51)45(11,54)34(16-2)61-41(52)29(37)6/h17-18,24,26-31,33-34,36-40,42,47-49,51,53-55H,15-16,19-23,25H2,1-14H3/t26-,27-,28+,29-,30-,31+,33+,34-,36+,37+,38-,39-,40-,42+,43-,44-,45-,46+/m1/s1. The lowest BCUT2D eigenvalue weighted by Gasteiger charge is -2.53. The number of rotatable bonds is 14. The molecule has 3 aliphatic heterocycles. The van der Waals surface area contributed by atoms with E-state index in [1.165, 1.54) is 14.0 Å². The van der Waals surface area contributed by atoms with Crippen LogP contribution >= 0.6 is 0 Å². The molecule has 3 fully saturated rings. The normalized spacial score (nSPS) is 43.6. The summed E-state index contributed by atoms with van der Waals surface area (Å²) in [7, 11) is 4.92. The Kier molecular flexibility index (Phi) is 19.0. The topological polar surface area (TPSA) is 221 Å². The van der Waals surface area contributed by atoms with Gasteiger partial charge in [0.05, 0.1) is 55.3 Å².